The number of nitrogens with zero attached hydrogens (tertiary/aromatic N) is 1. The van der Waals surface area contributed by atoms with Gasteiger partial charge >= 0.3 is 17.9 Å². The standard InChI is InChI=1S/C22H21N3O7S/c1-10-5-11(2)24-19-16(10)17(23)18(33-19)22(29)32-9-15(26)25-14-7-12(20(27)30-3)6-13(8-14)21(28)31-4/h5-8H,9,23H2,1-4H3,(H,25,26). The lowest BCUT2D eigenvalue weighted by Crippen LogP contribution is -2.21. The molecule has 0 bridgehead atoms. The number of amides is 1. The zero-order chi connectivity index (χ0) is 24.3. The van der Waals surface area contributed by atoms with Gasteiger partial charge in [-0.05, 0) is 43.7 Å². The van der Waals surface area contributed by atoms with Crippen LogP contribution in [0.2, 0.25) is 0 Å². The van der Waals surface area contributed by atoms with Gasteiger partial charge in [-0.1, -0.05) is 0 Å². The summed E-state index contributed by atoms with van der Waals surface area (Å²) in [6.45, 7) is 3.09. The van der Waals surface area contributed by atoms with E-state index in [9.17, 15) is 19.2 Å². The maximum atomic E-state index is 12.5. The van der Waals surface area contributed by atoms with Crippen LogP contribution in [-0.2, 0) is 19.0 Å². The van der Waals surface area contributed by atoms with Crippen molar-refractivity contribution < 1.29 is 33.4 Å². The number of hydrogen-bond donors (Lipinski definition) is 2. The van der Waals surface area contributed by atoms with Gasteiger partial charge in [0.1, 0.15) is 9.71 Å². The van der Waals surface area contributed by atoms with Crippen molar-refractivity contribution in [2.75, 3.05) is 31.9 Å². The zero-order valence-electron chi connectivity index (χ0n) is 18.3. The van der Waals surface area contributed by atoms with Crippen LogP contribution in [0.3, 0.4) is 0 Å². The van der Waals surface area contributed by atoms with Crippen molar-refractivity contribution >= 4 is 56.7 Å². The topological polar surface area (TPSA) is 147 Å². The van der Waals surface area contributed by atoms with Crippen molar-refractivity contribution in [3.63, 3.8) is 0 Å². The van der Waals surface area contributed by atoms with Crippen LogP contribution in [0.5, 0.6) is 0 Å². The van der Waals surface area contributed by atoms with E-state index < -0.39 is 30.4 Å². The number of esters is 3. The SMILES string of the molecule is COC(=O)c1cc(NC(=O)COC(=O)c2sc3nc(C)cc(C)c3c2N)cc(C(=O)OC)c1. The van der Waals surface area contributed by atoms with E-state index >= 15 is 0 Å². The van der Waals surface area contributed by atoms with Crippen LogP contribution in [0.15, 0.2) is 24.3 Å². The highest BCUT2D eigenvalue weighted by Crippen LogP contribution is 2.35. The second kappa shape index (κ2) is 9.65. The Bertz CT molecular complexity index is 1250. The Kier molecular flexibility index (Phi) is 6.92. The number of nitrogens with two attached hydrogens (primary N) is 1. The molecule has 172 valence electrons. The van der Waals surface area contributed by atoms with Gasteiger partial charge in [0.25, 0.3) is 5.91 Å². The van der Waals surface area contributed by atoms with Crippen LogP contribution in [0, 0.1) is 13.8 Å². The van der Waals surface area contributed by atoms with Gasteiger partial charge in [0.15, 0.2) is 6.61 Å². The minimum Gasteiger partial charge on any atom is -0.465 e. The molecule has 2 aromatic heterocycles. The number of pyridine rings is 1. The number of benzene rings is 1. The zero-order valence-corrected chi connectivity index (χ0v) is 19.1. The fourth-order valence-electron chi connectivity index (χ4n) is 3.19. The van der Waals surface area contributed by atoms with Crippen molar-refractivity contribution in [1.29, 1.82) is 0 Å². The molecule has 0 saturated carbocycles. The molecule has 3 rings (SSSR count). The van der Waals surface area contributed by atoms with E-state index in [2.05, 4.69) is 19.8 Å². The van der Waals surface area contributed by atoms with Gasteiger partial charge in [0.2, 0.25) is 0 Å². The Labute approximate surface area is 192 Å². The van der Waals surface area contributed by atoms with Gasteiger partial charge in [-0.2, -0.15) is 0 Å². The summed E-state index contributed by atoms with van der Waals surface area (Å²) in [5.74, 6) is -2.86. The Hall–Kier alpha value is -3.99. The third kappa shape index (κ3) is 5.09. The number of carbonyl (C=O) groups is 4. The van der Waals surface area contributed by atoms with Gasteiger partial charge in [0, 0.05) is 16.8 Å². The predicted molar refractivity (Wildman–Crippen MR) is 122 cm³/mol. The summed E-state index contributed by atoms with van der Waals surface area (Å²) in [6.07, 6.45) is 0. The lowest BCUT2D eigenvalue weighted by molar-refractivity contribution is -0.119. The molecule has 2 heterocycles. The molecule has 0 aliphatic carbocycles. The Balaban J connectivity index is 1.74. The summed E-state index contributed by atoms with van der Waals surface area (Å²) in [7, 11) is 2.37. The van der Waals surface area contributed by atoms with Crippen molar-refractivity contribution in [3.05, 3.63) is 51.5 Å². The summed E-state index contributed by atoms with van der Waals surface area (Å²) in [5.41, 5.74) is 8.23. The van der Waals surface area contributed by atoms with Gasteiger partial charge in [-0.3, -0.25) is 4.79 Å². The molecule has 0 spiro atoms. The maximum absolute atomic E-state index is 12.5. The van der Waals surface area contributed by atoms with E-state index in [-0.39, 0.29) is 27.4 Å². The minimum absolute atomic E-state index is 0.0314. The van der Waals surface area contributed by atoms with Gasteiger partial charge in [-0.15, -0.1) is 11.3 Å². The normalized spacial score (nSPS) is 10.5. The number of hydrogen-bond acceptors (Lipinski definition) is 10. The average Bonchev–Trinajstić information content (AvgIpc) is 3.12. The number of rotatable bonds is 6. The minimum atomic E-state index is -0.763. The number of thiophene rings is 1. The number of anilines is 2. The number of nitrogen functional groups attached to an aromatic ring is 1. The van der Waals surface area contributed by atoms with Crippen molar-refractivity contribution in [2.24, 2.45) is 0 Å². The second-order valence-electron chi connectivity index (χ2n) is 7.01. The number of aryl methyl sites for hydroxylation is 2. The van der Waals surface area contributed by atoms with E-state index in [1.165, 1.54) is 32.4 Å². The lowest BCUT2D eigenvalue weighted by atomic mass is 10.1. The number of aromatic nitrogens is 1. The first kappa shape index (κ1) is 23.7. The summed E-state index contributed by atoms with van der Waals surface area (Å²) >= 11 is 1.09. The fourth-order valence-corrected chi connectivity index (χ4v) is 4.30. The highest BCUT2D eigenvalue weighted by molar-refractivity contribution is 7.21. The predicted octanol–water partition coefficient (Wildman–Crippen LogP) is 2.86. The number of nitrogens with one attached hydrogen (secondary N) is 1. The first-order valence-corrected chi connectivity index (χ1v) is 10.4. The second-order valence-corrected chi connectivity index (χ2v) is 8.01. The molecule has 0 aliphatic heterocycles. The molecule has 3 N–H and O–H groups in total. The third-order valence-electron chi connectivity index (χ3n) is 4.60. The smallest absolute Gasteiger partial charge is 0.351 e. The summed E-state index contributed by atoms with van der Waals surface area (Å²) < 4.78 is 14.4. The molecule has 11 heteroatoms. The molecule has 0 saturated heterocycles. The largest absolute Gasteiger partial charge is 0.465 e. The highest BCUT2D eigenvalue weighted by atomic mass is 32.1. The van der Waals surface area contributed by atoms with E-state index in [4.69, 9.17) is 10.5 Å². The highest BCUT2D eigenvalue weighted by Gasteiger charge is 2.21. The molecule has 1 aromatic carbocycles. The monoisotopic (exact) mass is 471 g/mol. The quantitative estimate of drug-likeness (QED) is 0.409. The summed E-state index contributed by atoms with van der Waals surface area (Å²) in [4.78, 5) is 53.8. The van der Waals surface area contributed by atoms with Crippen LogP contribution in [0.25, 0.3) is 10.2 Å². The molecule has 33 heavy (non-hydrogen) atoms. The van der Waals surface area contributed by atoms with Crippen LogP contribution >= 0.6 is 11.3 Å². The third-order valence-corrected chi connectivity index (χ3v) is 5.68. The van der Waals surface area contributed by atoms with Crippen LogP contribution in [0.1, 0.15) is 41.6 Å². The Morgan fingerprint density at radius 1 is 0.970 bits per heavy atom. The first-order valence-electron chi connectivity index (χ1n) is 9.59. The first-order chi connectivity index (χ1) is 15.6. The van der Waals surface area contributed by atoms with Crippen LogP contribution < -0.4 is 11.1 Å². The van der Waals surface area contributed by atoms with E-state index in [0.717, 1.165) is 22.6 Å². The molecule has 3 aromatic rings. The van der Waals surface area contributed by atoms with Gasteiger partial charge in [-0.25, -0.2) is 19.4 Å². The number of fused-ring (bicyclic) bond motifs is 1. The number of methoxy groups -OCH3 is 2. The van der Waals surface area contributed by atoms with Gasteiger partial charge in [0.05, 0.1) is 31.0 Å². The molecule has 0 unspecified atom stereocenters. The van der Waals surface area contributed by atoms with E-state index in [1.807, 2.05) is 19.9 Å². The Morgan fingerprint density at radius 2 is 1.58 bits per heavy atom. The number of carbonyl (C=O) groups excluding carboxylic acids is 4. The molecule has 0 aliphatic rings. The van der Waals surface area contributed by atoms with Crippen molar-refractivity contribution in [1.82, 2.24) is 4.98 Å². The average molecular weight is 471 g/mol. The summed E-state index contributed by atoms with van der Waals surface area (Å²) in [5, 5.41) is 3.15. The fraction of sp³-hybridized carbons (Fsp3) is 0.227. The van der Waals surface area contributed by atoms with Crippen molar-refractivity contribution in [3.8, 4) is 0 Å². The summed E-state index contributed by atoms with van der Waals surface area (Å²) in [6, 6.07) is 5.77. The van der Waals surface area contributed by atoms with Crippen LogP contribution in [0.4, 0.5) is 11.4 Å². The molecular weight excluding hydrogens is 450 g/mol. The van der Waals surface area contributed by atoms with Crippen molar-refractivity contribution in [2.45, 2.75) is 13.8 Å². The maximum Gasteiger partial charge on any atom is 0.351 e. The molecule has 0 fully saturated rings. The Morgan fingerprint density at radius 3 is 2.15 bits per heavy atom. The van der Waals surface area contributed by atoms with Crippen LogP contribution in [-0.4, -0.2) is 49.6 Å². The van der Waals surface area contributed by atoms with E-state index in [0.29, 0.717) is 10.2 Å². The molecule has 10 nitrogen and oxygen atoms in total. The molecule has 1 amide bonds. The lowest BCUT2D eigenvalue weighted by Gasteiger charge is -2.10. The molecular formula is C22H21N3O7S. The number of ether oxygens (including phenoxy) is 3. The van der Waals surface area contributed by atoms with Gasteiger partial charge < -0.3 is 25.3 Å². The van der Waals surface area contributed by atoms with E-state index in [1.54, 1.807) is 0 Å². The molecule has 0 atom stereocenters. The molecule has 0 radical (unpaired) electrons.